The van der Waals surface area contributed by atoms with E-state index < -0.39 is 0 Å². The molecule has 0 radical (unpaired) electrons. The number of carbonyl (C=O) groups excluding carboxylic acids is 1. The minimum Gasteiger partial charge on any atom is -0.384 e. The minimum absolute atomic E-state index is 0. The van der Waals surface area contributed by atoms with Gasteiger partial charge in [0.1, 0.15) is 0 Å². The summed E-state index contributed by atoms with van der Waals surface area (Å²) < 4.78 is 5.33. The van der Waals surface area contributed by atoms with Crippen molar-refractivity contribution in [2.75, 3.05) is 26.8 Å². The van der Waals surface area contributed by atoms with E-state index in [-0.39, 0.29) is 29.8 Å². The summed E-state index contributed by atoms with van der Waals surface area (Å²) in [7, 11) is 1.67. The van der Waals surface area contributed by atoms with E-state index in [1.54, 1.807) is 18.4 Å². The van der Waals surface area contributed by atoms with Crippen LogP contribution in [-0.2, 0) is 9.53 Å². The maximum Gasteiger partial charge on any atom is 0.229 e. The fourth-order valence-electron chi connectivity index (χ4n) is 3.13. The van der Waals surface area contributed by atoms with Gasteiger partial charge >= 0.3 is 0 Å². The van der Waals surface area contributed by atoms with E-state index in [1.807, 2.05) is 0 Å². The van der Waals surface area contributed by atoms with Gasteiger partial charge in [-0.25, -0.2) is 0 Å². The van der Waals surface area contributed by atoms with Gasteiger partial charge in [-0.15, -0.1) is 23.7 Å². The average Bonchev–Trinajstić information content (AvgIpc) is 2.79. The zero-order valence-electron chi connectivity index (χ0n) is 13.8. The first-order chi connectivity index (χ1) is 9.98. The number of nitrogens with one attached hydrogen (secondary N) is 2. The third kappa shape index (κ3) is 4.22. The van der Waals surface area contributed by atoms with Crippen LogP contribution in [0.2, 0.25) is 0 Å². The van der Waals surface area contributed by atoms with Gasteiger partial charge in [-0.3, -0.25) is 4.79 Å². The zero-order chi connectivity index (χ0) is 15.5. The Morgan fingerprint density at radius 1 is 1.45 bits per heavy atom. The smallest absolute Gasteiger partial charge is 0.229 e. The summed E-state index contributed by atoms with van der Waals surface area (Å²) in [6.45, 7) is 8.53. The molecule has 0 saturated carbocycles. The summed E-state index contributed by atoms with van der Waals surface area (Å²) in [5.41, 5.74) is 0.847. The minimum atomic E-state index is -0.382. The van der Waals surface area contributed by atoms with Gasteiger partial charge in [-0.2, -0.15) is 0 Å². The van der Waals surface area contributed by atoms with Crippen LogP contribution < -0.4 is 10.6 Å². The molecule has 0 spiro atoms. The van der Waals surface area contributed by atoms with E-state index in [4.69, 9.17) is 4.74 Å². The second-order valence-corrected chi connectivity index (χ2v) is 7.49. The molecule has 0 aromatic carbocycles. The Morgan fingerprint density at radius 3 is 2.59 bits per heavy atom. The lowest BCUT2D eigenvalue weighted by molar-refractivity contribution is -0.136. The molecule has 2 heterocycles. The highest BCUT2D eigenvalue weighted by atomic mass is 35.5. The van der Waals surface area contributed by atoms with Crippen LogP contribution in [0.4, 0.5) is 0 Å². The first kappa shape index (κ1) is 19.4. The first-order valence-corrected chi connectivity index (χ1v) is 8.38. The molecular formula is C16H27ClN2O2S. The molecule has 22 heavy (non-hydrogen) atoms. The van der Waals surface area contributed by atoms with Crippen LogP contribution in [0.15, 0.2) is 6.07 Å². The number of methoxy groups -OCH3 is 1. The molecule has 1 aliphatic rings. The van der Waals surface area contributed by atoms with Crippen molar-refractivity contribution in [3.63, 3.8) is 0 Å². The molecule has 1 unspecified atom stereocenters. The average molecular weight is 347 g/mol. The molecule has 0 bridgehead atoms. The van der Waals surface area contributed by atoms with E-state index in [0.29, 0.717) is 6.61 Å². The Hall–Kier alpha value is -0.620. The van der Waals surface area contributed by atoms with Gasteiger partial charge in [-0.05, 0) is 58.3 Å². The monoisotopic (exact) mass is 346 g/mol. The molecule has 1 saturated heterocycles. The topological polar surface area (TPSA) is 50.4 Å². The highest BCUT2D eigenvalue weighted by Crippen LogP contribution is 2.32. The number of halogens is 1. The summed E-state index contributed by atoms with van der Waals surface area (Å²) in [4.78, 5) is 15.4. The van der Waals surface area contributed by atoms with Crippen molar-refractivity contribution in [3.8, 4) is 0 Å². The molecule has 2 rings (SSSR count). The van der Waals surface area contributed by atoms with Gasteiger partial charge in [0.25, 0.3) is 0 Å². The molecular weight excluding hydrogens is 320 g/mol. The molecule has 2 N–H and O–H groups in total. The lowest BCUT2D eigenvalue weighted by Crippen LogP contribution is -2.50. The summed E-state index contributed by atoms with van der Waals surface area (Å²) in [6, 6.07) is 2.22. The number of piperidine rings is 1. The normalized spacial score (nSPS) is 18.4. The number of ether oxygens (including phenoxy) is 1. The van der Waals surface area contributed by atoms with Crippen molar-refractivity contribution in [2.45, 2.75) is 39.7 Å². The van der Waals surface area contributed by atoms with Gasteiger partial charge in [0.05, 0.1) is 18.1 Å². The summed E-state index contributed by atoms with van der Waals surface area (Å²) in [6.07, 6.45) is 1.67. The zero-order valence-corrected chi connectivity index (χ0v) is 15.5. The van der Waals surface area contributed by atoms with Crippen LogP contribution in [0.5, 0.6) is 0 Å². The second kappa shape index (κ2) is 8.29. The fraction of sp³-hybridized carbons (Fsp3) is 0.688. The molecule has 1 amide bonds. The molecule has 126 valence electrons. The lowest BCUT2D eigenvalue weighted by atomic mass is 9.78. The van der Waals surface area contributed by atoms with Gasteiger partial charge in [0, 0.05) is 16.9 Å². The van der Waals surface area contributed by atoms with Crippen molar-refractivity contribution in [1.29, 1.82) is 0 Å². The van der Waals surface area contributed by atoms with Crippen LogP contribution >= 0.6 is 23.7 Å². The van der Waals surface area contributed by atoms with Crippen molar-refractivity contribution >= 4 is 29.7 Å². The van der Waals surface area contributed by atoms with Crippen molar-refractivity contribution < 1.29 is 9.53 Å². The van der Waals surface area contributed by atoms with Crippen LogP contribution in [0, 0.1) is 19.3 Å². The Morgan fingerprint density at radius 2 is 2.09 bits per heavy atom. The Labute approximate surface area is 143 Å². The molecule has 1 aromatic heterocycles. The molecule has 4 nitrogen and oxygen atoms in total. The number of rotatable bonds is 5. The Kier molecular flexibility index (Phi) is 7.32. The predicted octanol–water partition coefficient (Wildman–Crippen LogP) is 2.98. The lowest BCUT2D eigenvalue weighted by Gasteiger charge is -2.36. The quantitative estimate of drug-likeness (QED) is 0.861. The first-order valence-electron chi connectivity index (χ1n) is 7.56. The maximum atomic E-state index is 12.8. The number of thiophene rings is 1. The SMILES string of the molecule is COCC1(C(=O)NC(C)c2cc(C)sc2C)CCNCC1.Cl. The molecule has 6 heteroatoms. The predicted molar refractivity (Wildman–Crippen MR) is 94.0 cm³/mol. The molecule has 1 aromatic rings. The fourth-order valence-corrected chi connectivity index (χ4v) is 4.15. The maximum absolute atomic E-state index is 12.8. The third-order valence-corrected chi connectivity index (χ3v) is 5.34. The van der Waals surface area contributed by atoms with Crippen LogP contribution in [0.25, 0.3) is 0 Å². The van der Waals surface area contributed by atoms with E-state index in [2.05, 4.69) is 37.5 Å². The van der Waals surface area contributed by atoms with Crippen molar-refractivity contribution in [1.82, 2.24) is 10.6 Å². The summed E-state index contributed by atoms with van der Waals surface area (Å²) in [5, 5.41) is 6.52. The molecule has 0 aliphatic carbocycles. The molecule has 1 fully saturated rings. The number of hydrogen-bond donors (Lipinski definition) is 2. The van der Waals surface area contributed by atoms with Crippen molar-refractivity contribution in [2.24, 2.45) is 5.41 Å². The Bertz CT molecular complexity index is 493. The van der Waals surface area contributed by atoms with Gasteiger partial charge in [-0.1, -0.05) is 0 Å². The highest BCUT2D eigenvalue weighted by Gasteiger charge is 2.40. The van der Waals surface area contributed by atoms with Gasteiger partial charge in [0.15, 0.2) is 0 Å². The van der Waals surface area contributed by atoms with Crippen LogP contribution in [0.1, 0.15) is 41.1 Å². The van der Waals surface area contributed by atoms with Crippen molar-refractivity contribution in [3.05, 3.63) is 21.4 Å². The van der Waals surface area contributed by atoms with E-state index in [0.717, 1.165) is 25.9 Å². The van der Waals surface area contributed by atoms with E-state index >= 15 is 0 Å². The van der Waals surface area contributed by atoms with E-state index in [9.17, 15) is 4.79 Å². The largest absolute Gasteiger partial charge is 0.384 e. The number of amides is 1. The van der Waals surface area contributed by atoms with Crippen LogP contribution in [0.3, 0.4) is 0 Å². The van der Waals surface area contributed by atoms with Gasteiger partial charge in [0.2, 0.25) is 5.91 Å². The second-order valence-electron chi connectivity index (χ2n) is 6.03. The molecule has 1 aliphatic heterocycles. The summed E-state index contributed by atoms with van der Waals surface area (Å²) >= 11 is 1.78. The number of hydrogen-bond acceptors (Lipinski definition) is 4. The third-order valence-electron chi connectivity index (χ3n) is 4.36. The standard InChI is InChI=1S/C16H26N2O2S.ClH/c1-11-9-14(13(3)21-11)12(2)18-15(19)16(10-20-4)5-7-17-8-6-16;/h9,12,17H,5-8,10H2,1-4H3,(H,18,19);1H. The van der Waals surface area contributed by atoms with E-state index in [1.165, 1.54) is 15.3 Å². The highest BCUT2D eigenvalue weighted by molar-refractivity contribution is 7.12. The van der Waals surface area contributed by atoms with Crippen LogP contribution in [-0.4, -0.2) is 32.7 Å². The Balaban J connectivity index is 0.00000242. The summed E-state index contributed by atoms with van der Waals surface area (Å²) in [5.74, 6) is 0.126. The number of aryl methyl sites for hydroxylation is 2. The molecule has 1 atom stereocenters. The number of carbonyl (C=O) groups is 1. The van der Waals surface area contributed by atoms with Gasteiger partial charge < -0.3 is 15.4 Å².